The van der Waals surface area contributed by atoms with Crippen molar-refractivity contribution in [3.8, 4) is 0 Å². The number of halogens is 2. The minimum absolute atomic E-state index is 0.223. The van der Waals surface area contributed by atoms with Crippen molar-refractivity contribution in [3.05, 3.63) is 34.1 Å². The molecule has 126 valence electrons. The SMILES string of the molecule is O=C(CN1CCN(Cc2ccc(F)c(Br)c2)CC1)N1CCCC1. The van der Waals surface area contributed by atoms with Crippen LogP contribution in [0, 0.1) is 5.82 Å². The average molecular weight is 384 g/mol. The molecule has 1 amide bonds. The fourth-order valence-electron chi connectivity index (χ4n) is 3.26. The van der Waals surface area contributed by atoms with E-state index in [1.807, 2.05) is 17.0 Å². The van der Waals surface area contributed by atoms with E-state index >= 15 is 0 Å². The molecule has 0 saturated carbocycles. The number of amides is 1. The minimum atomic E-state index is -0.223. The Balaban J connectivity index is 1.44. The molecule has 1 aromatic rings. The van der Waals surface area contributed by atoms with Gasteiger partial charge in [0.2, 0.25) is 5.91 Å². The zero-order valence-corrected chi connectivity index (χ0v) is 14.9. The van der Waals surface area contributed by atoms with Crippen molar-refractivity contribution in [3.63, 3.8) is 0 Å². The fourth-order valence-corrected chi connectivity index (χ4v) is 3.69. The normalized spacial score (nSPS) is 20.2. The van der Waals surface area contributed by atoms with Gasteiger partial charge < -0.3 is 4.90 Å². The number of carbonyl (C=O) groups excluding carboxylic acids is 1. The molecule has 0 radical (unpaired) electrons. The molecule has 3 rings (SSSR count). The van der Waals surface area contributed by atoms with Crippen molar-refractivity contribution in [1.29, 1.82) is 0 Å². The molecule has 2 aliphatic rings. The van der Waals surface area contributed by atoms with E-state index in [-0.39, 0.29) is 11.7 Å². The van der Waals surface area contributed by atoms with Gasteiger partial charge in [0.1, 0.15) is 5.82 Å². The van der Waals surface area contributed by atoms with Crippen molar-refractivity contribution < 1.29 is 9.18 Å². The van der Waals surface area contributed by atoms with Crippen LogP contribution in [0.15, 0.2) is 22.7 Å². The van der Waals surface area contributed by atoms with Gasteiger partial charge in [-0.1, -0.05) is 6.07 Å². The number of likely N-dealkylation sites (tertiary alicyclic amines) is 1. The van der Waals surface area contributed by atoms with Crippen molar-refractivity contribution in [2.24, 2.45) is 0 Å². The average Bonchev–Trinajstić information content (AvgIpc) is 3.07. The zero-order valence-electron chi connectivity index (χ0n) is 13.3. The van der Waals surface area contributed by atoms with Gasteiger partial charge in [0, 0.05) is 45.8 Å². The Morgan fingerprint density at radius 3 is 2.35 bits per heavy atom. The molecule has 2 heterocycles. The molecule has 0 spiro atoms. The van der Waals surface area contributed by atoms with E-state index in [0.29, 0.717) is 11.0 Å². The molecular formula is C17H23BrFN3O. The maximum atomic E-state index is 13.3. The number of carbonyl (C=O) groups is 1. The Labute approximate surface area is 145 Å². The van der Waals surface area contributed by atoms with Crippen molar-refractivity contribution in [2.45, 2.75) is 19.4 Å². The lowest BCUT2D eigenvalue weighted by Gasteiger charge is -2.35. The first-order valence-electron chi connectivity index (χ1n) is 8.28. The molecule has 2 fully saturated rings. The molecular weight excluding hydrogens is 361 g/mol. The van der Waals surface area contributed by atoms with Gasteiger partial charge in [0.25, 0.3) is 0 Å². The lowest BCUT2D eigenvalue weighted by atomic mass is 10.2. The lowest BCUT2D eigenvalue weighted by Crippen LogP contribution is -2.49. The highest BCUT2D eigenvalue weighted by Crippen LogP contribution is 2.18. The van der Waals surface area contributed by atoms with Crippen LogP contribution < -0.4 is 0 Å². The van der Waals surface area contributed by atoms with Gasteiger partial charge in [-0.2, -0.15) is 0 Å². The third-order valence-corrected chi connectivity index (χ3v) is 5.28. The van der Waals surface area contributed by atoms with Crippen molar-refractivity contribution >= 4 is 21.8 Å². The summed E-state index contributed by atoms with van der Waals surface area (Å²) >= 11 is 3.24. The van der Waals surface area contributed by atoms with Crippen LogP contribution in [0.1, 0.15) is 18.4 Å². The van der Waals surface area contributed by atoms with Crippen LogP contribution >= 0.6 is 15.9 Å². The quantitative estimate of drug-likeness (QED) is 0.798. The summed E-state index contributed by atoms with van der Waals surface area (Å²) in [6.07, 6.45) is 2.29. The van der Waals surface area contributed by atoms with E-state index in [9.17, 15) is 9.18 Å². The first-order valence-corrected chi connectivity index (χ1v) is 9.07. The summed E-state index contributed by atoms with van der Waals surface area (Å²) in [5.74, 6) is 0.0532. The molecule has 0 unspecified atom stereocenters. The van der Waals surface area contributed by atoms with Crippen LogP contribution in [-0.4, -0.2) is 66.4 Å². The van der Waals surface area contributed by atoms with E-state index in [2.05, 4.69) is 25.7 Å². The van der Waals surface area contributed by atoms with Gasteiger partial charge in [-0.25, -0.2) is 4.39 Å². The molecule has 2 aliphatic heterocycles. The van der Waals surface area contributed by atoms with Crippen LogP contribution in [-0.2, 0) is 11.3 Å². The fraction of sp³-hybridized carbons (Fsp3) is 0.588. The number of nitrogens with zero attached hydrogens (tertiary/aromatic N) is 3. The number of hydrogen-bond acceptors (Lipinski definition) is 3. The molecule has 1 aromatic carbocycles. The highest BCUT2D eigenvalue weighted by Gasteiger charge is 2.23. The summed E-state index contributed by atoms with van der Waals surface area (Å²) in [6.45, 7) is 6.97. The van der Waals surface area contributed by atoms with Crippen LogP contribution in [0.5, 0.6) is 0 Å². The monoisotopic (exact) mass is 383 g/mol. The van der Waals surface area contributed by atoms with Gasteiger partial charge in [-0.3, -0.25) is 14.6 Å². The first kappa shape index (κ1) is 16.9. The smallest absolute Gasteiger partial charge is 0.236 e. The molecule has 0 aliphatic carbocycles. The maximum absolute atomic E-state index is 13.3. The highest BCUT2D eigenvalue weighted by atomic mass is 79.9. The van der Waals surface area contributed by atoms with Gasteiger partial charge >= 0.3 is 0 Å². The number of piperazine rings is 1. The van der Waals surface area contributed by atoms with E-state index in [4.69, 9.17) is 0 Å². The van der Waals surface area contributed by atoms with Crippen LogP contribution in [0.3, 0.4) is 0 Å². The van der Waals surface area contributed by atoms with Crippen LogP contribution in [0.25, 0.3) is 0 Å². The number of hydrogen-bond donors (Lipinski definition) is 0. The summed E-state index contributed by atoms with van der Waals surface area (Å²) in [5, 5.41) is 0. The molecule has 23 heavy (non-hydrogen) atoms. The first-order chi connectivity index (χ1) is 11.1. The Hall–Kier alpha value is -0.980. The van der Waals surface area contributed by atoms with Gasteiger partial charge in [0.15, 0.2) is 0 Å². The summed E-state index contributed by atoms with van der Waals surface area (Å²) in [5.41, 5.74) is 1.11. The maximum Gasteiger partial charge on any atom is 0.236 e. The Kier molecular flexibility index (Phi) is 5.67. The highest BCUT2D eigenvalue weighted by molar-refractivity contribution is 9.10. The molecule has 0 atom stereocenters. The molecule has 4 nitrogen and oxygen atoms in total. The van der Waals surface area contributed by atoms with E-state index in [0.717, 1.165) is 64.2 Å². The second-order valence-electron chi connectivity index (χ2n) is 6.39. The van der Waals surface area contributed by atoms with Gasteiger partial charge in [0.05, 0.1) is 11.0 Å². The third kappa shape index (κ3) is 4.52. The van der Waals surface area contributed by atoms with E-state index in [1.54, 1.807) is 0 Å². The zero-order chi connectivity index (χ0) is 16.2. The van der Waals surface area contributed by atoms with Gasteiger partial charge in [-0.05, 0) is 46.5 Å². The summed E-state index contributed by atoms with van der Waals surface area (Å²) in [6, 6.07) is 5.19. The summed E-state index contributed by atoms with van der Waals surface area (Å²) in [4.78, 5) is 18.8. The topological polar surface area (TPSA) is 26.8 Å². The van der Waals surface area contributed by atoms with Crippen LogP contribution in [0.2, 0.25) is 0 Å². The standard InChI is InChI=1S/C17H23BrFN3O/c18-15-11-14(3-4-16(15)19)12-20-7-9-21(10-8-20)13-17(23)22-5-1-2-6-22/h3-4,11H,1-2,5-10,12-13H2. The second-order valence-corrected chi connectivity index (χ2v) is 7.24. The number of benzene rings is 1. The molecule has 2 saturated heterocycles. The van der Waals surface area contributed by atoms with E-state index < -0.39 is 0 Å². The molecule has 0 bridgehead atoms. The third-order valence-electron chi connectivity index (χ3n) is 4.67. The number of rotatable bonds is 4. The van der Waals surface area contributed by atoms with Crippen molar-refractivity contribution in [1.82, 2.24) is 14.7 Å². The predicted octanol–water partition coefficient (Wildman–Crippen LogP) is 2.33. The Morgan fingerprint density at radius 1 is 1.04 bits per heavy atom. The van der Waals surface area contributed by atoms with Crippen LogP contribution in [0.4, 0.5) is 4.39 Å². The Morgan fingerprint density at radius 2 is 1.70 bits per heavy atom. The molecule has 0 N–H and O–H groups in total. The predicted molar refractivity (Wildman–Crippen MR) is 91.6 cm³/mol. The minimum Gasteiger partial charge on any atom is -0.342 e. The summed E-state index contributed by atoms with van der Waals surface area (Å²) in [7, 11) is 0. The second kappa shape index (κ2) is 7.73. The largest absolute Gasteiger partial charge is 0.342 e. The van der Waals surface area contributed by atoms with E-state index in [1.165, 1.54) is 6.07 Å². The van der Waals surface area contributed by atoms with Gasteiger partial charge in [-0.15, -0.1) is 0 Å². The molecule has 0 aromatic heterocycles. The summed E-state index contributed by atoms with van der Waals surface area (Å²) < 4.78 is 13.8. The van der Waals surface area contributed by atoms with Crippen molar-refractivity contribution in [2.75, 3.05) is 45.8 Å². The Bertz CT molecular complexity index is 555. The molecule has 6 heteroatoms. The lowest BCUT2D eigenvalue weighted by molar-refractivity contribution is -0.131.